The lowest BCUT2D eigenvalue weighted by molar-refractivity contribution is -0.129. The van der Waals surface area contributed by atoms with E-state index < -0.39 is 10.1 Å². The second-order valence-electron chi connectivity index (χ2n) is 13.4. The van der Waals surface area contributed by atoms with Crippen LogP contribution in [0.5, 0.6) is 0 Å². The molecule has 37 heavy (non-hydrogen) atoms. The molecule has 0 bridgehead atoms. The lowest BCUT2D eigenvalue weighted by Gasteiger charge is -2.61. The molecule has 6 nitrogen and oxygen atoms in total. The van der Waals surface area contributed by atoms with Crippen LogP contribution >= 0.6 is 0 Å². The number of hydrogen-bond donors (Lipinski definition) is 3. The summed E-state index contributed by atoms with van der Waals surface area (Å²) >= 11 is 0. The van der Waals surface area contributed by atoms with E-state index in [9.17, 15) is 18.3 Å². The van der Waals surface area contributed by atoms with E-state index in [4.69, 9.17) is 4.55 Å². The first-order valence-electron chi connectivity index (χ1n) is 14.5. The van der Waals surface area contributed by atoms with Gasteiger partial charge in [-0.25, -0.2) is 0 Å². The predicted octanol–water partition coefficient (Wildman–Crippen LogP) is 6.31. The Morgan fingerprint density at radius 3 is 2.38 bits per heavy atom. The normalized spacial score (nSPS) is 40.2. The molecule has 0 saturated heterocycles. The molecule has 5 rings (SSSR count). The monoisotopic (exact) mass is 531 g/mol. The Hall–Kier alpha value is -1.44. The third-order valence-corrected chi connectivity index (χ3v) is 12.5. The summed E-state index contributed by atoms with van der Waals surface area (Å²) < 4.78 is 31.6. The van der Waals surface area contributed by atoms with E-state index in [2.05, 4.69) is 26.1 Å². The third-order valence-electron chi connectivity index (χ3n) is 11.7. The van der Waals surface area contributed by atoms with Gasteiger partial charge in [0.15, 0.2) is 0 Å². The van der Waals surface area contributed by atoms with Crippen molar-refractivity contribution < 1.29 is 22.9 Å². The van der Waals surface area contributed by atoms with E-state index in [-0.39, 0.29) is 16.9 Å². The molecule has 1 aromatic carbocycles. The SMILES string of the molecule is C[C@H](CCC(=O)Nc1ccc(S(=O)(=O)O)cc1)[C@H]1CC[C@H]2[C@@H]3CC[C@@H]4C[C@H](O)CC[C@]4(C)[C@H]3CC[C@]12C. The number of anilines is 1. The average molecular weight is 532 g/mol. The van der Waals surface area contributed by atoms with Crippen molar-refractivity contribution in [2.75, 3.05) is 5.32 Å². The van der Waals surface area contributed by atoms with Crippen molar-refractivity contribution in [2.24, 2.45) is 46.3 Å². The largest absolute Gasteiger partial charge is 0.393 e. The van der Waals surface area contributed by atoms with Crippen molar-refractivity contribution in [3.63, 3.8) is 0 Å². The van der Waals surface area contributed by atoms with E-state index >= 15 is 0 Å². The van der Waals surface area contributed by atoms with E-state index in [1.807, 2.05) is 0 Å². The van der Waals surface area contributed by atoms with Gasteiger partial charge in [-0.05, 0) is 135 Å². The van der Waals surface area contributed by atoms with Gasteiger partial charge in [-0.3, -0.25) is 9.35 Å². The Morgan fingerprint density at radius 1 is 1.00 bits per heavy atom. The summed E-state index contributed by atoms with van der Waals surface area (Å²) in [6, 6.07) is 5.61. The van der Waals surface area contributed by atoms with Gasteiger partial charge in [-0.1, -0.05) is 20.8 Å². The van der Waals surface area contributed by atoms with Crippen LogP contribution in [0.1, 0.15) is 91.4 Å². The van der Waals surface area contributed by atoms with Gasteiger partial charge in [-0.2, -0.15) is 8.42 Å². The van der Waals surface area contributed by atoms with Crippen molar-refractivity contribution in [1.29, 1.82) is 0 Å². The van der Waals surface area contributed by atoms with Gasteiger partial charge in [0.05, 0.1) is 11.0 Å². The Labute approximate surface area is 222 Å². The van der Waals surface area contributed by atoms with Gasteiger partial charge in [0, 0.05) is 12.1 Å². The highest BCUT2D eigenvalue weighted by Crippen LogP contribution is 2.68. The summed E-state index contributed by atoms with van der Waals surface area (Å²) in [5.74, 6) is 4.19. The van der Waals surface area contributed by atoms with Crippen LogP contribution in [-0.2, 0) is 14.9 Å². The summed E-state index contributed by atoms with van der Waals surface area (Å²) in [7, 11) is -4.24. The second-order valence-corrected chi connectivity index (χ2v) is 14.8. The van der Waals surface area contributed by atoms with E-state index in [0.717, 1.165) is 37.0 Å². The maximum Gasteiger partial charge on any atom is 0.294 e. The minimum absolute atomic E-state index is 0.0550. The molecule has 4 aliphatic carbocycles. The molecule has 0 radical (unpaired) electrons. The van der Waals surface area contributed by atoms with Crippen LogP contribution in [0.25, 0.3) is 0 Å². The topological polar surface area (TPSA) is 104 Å². The number of hydrogen-bond acceptors (Lipinski definition) is 4. The molecule has 9 atom stereocenters. The van der Waals surface area contributed by atoms with Crippen molar-refractivity contribution in [3.8, 4) is 0 Å². The maximum absolute atomic E-state index is 12.7. The number of carbonyl (C=O) groups excluding carboxylic acids is 1. The summed E-state index contributed by atoms with van der Waals surface area (Å²) in [5.41, 5.74) is 1.31. The maximum atomic E-state index is 12.7. The average Bonchev–Trinajstić information content (AvgIpc) is 3.20. The van der Waals surface area contributed by atoms with Gasteiger partial charge in [0.2, 0.25) is 5.91 Å². The number of fused-ring (bicyclic) bond motifs is 5. The van der Waals surface area contributed by atoms with Crippen LogP contribution < -0.4 is 5.32 Å². The van der Waals surface area contributed by atoms with Crippen LogP contribution in [0.2, 0.25) is 0 Å². The number of benzene rings is 1. The summed E-state index contributed by atoms with van der Waals surface area (Å²) in [6.07, 6.45) is 12.2. The van der Waals surface area contributed by atoms with Gasteiger partial charge < -0.3 is 10.4 Å². The number of aliphatic hydroxyl groups is 1. The minimum atomic E-state index is -4.24. The molecule has 1 aromatic rings. The summed E-state index contributed by atoms with van der Waals surface area (Å²) in [6.45, 7) is 7.43. The van der Waals surface area contributed by atoms with Gasteiger partial charge in [-0.15, -0.1) is 0 Å². The molecule has 0 aromatic heterocycles. The molecular weight excluding hydrogens is 486 g/mol. The molecule has 206 valence electrons. The second kappa shape index (κ2) is 9.95. The number of aliphatic hydroxyl groups excluding tert-OH is 1. The Bertz CT molecular complexity index is 1100. The lowest BCUT2D eigenvalue weighted by atomic mass is 9.44. The standard InChI is InChI=1S/C30H45NO5S/c1-19(4-13-28(33)31-21-6-8-23(9-7-21)37(34,35)36)25-11-12-26-24-10-5-20-18-22(32)14-16-29(20,2)27(24)15-17-30(25,26)3/h6-9,19-20,22,24-27,32H,4-5,10-18H2,1-3H3,(H,31,33)(H,34,35,36)/t19-,20-,22-,24+,25-,26+,27+,29+,30-/m1/s1. The fourth-order valence-electron chi connectivity index (χ4n) is 9.70. The molecule has 0 aliphatic heterocycles. The molecule has 0 unspecified atom stereocenters. The molecule has 4 aliphatic rings. The highest BCUT2D eigenvalue weighted by atomic mass is 32.2. The zero-order valence-corrected chi connectivity index (χ0v) is 23.5. The van der Waals surface area contributed by atoms with Crippen molar-refractivity contribution in [3.05, 3.63) is 24.3 Å². The van der Waals surface area contributed by atoms with Crippen molar-refractivity contribution >= 4 is 21.7 Å². The Balaban J connectivity index is 1.18. The fraction of sp³-hybridized carbons (Fsp3) is 0.767. The first-order chi connectivity index (χ1) is 17.4. The van der Waals surface area contributed by atoms with Crippen LogP contribution in [0, 0.1) is 46.3 Å². The van der Waals surface area contributed by atoms with Crippen LogP contribution in [0.3, 0.4) is 0 Å². The number of nitrogens with one attached hydrogen (secondary N) is 1. The number of amides is 1. The first kappa shape index (κ1) is 27.1. The molecule has 0 heterocycles. The number of carbonyl (C=O) groups is 1. The lowest BCUT2D eigenvalue weighted by Crippen LogP contribution is -2.54. The van der Waals surface area contributed by atoms with Crippen molar-refractivity contribution in [2.45, 2.75) is 102 Å². The third kappa shape index (κ3) is 5.00. The van der Waals surface area contributed by atoms with Gasteiger partial charge in [0.25, 0.3) is 10.1 Å². The fourth-order valence-corrected chi connectivity index (χ4v) is 10.2. The molecule has 4 saturated carbocycles. The quantitative estimate of drug-likeness (QED) is 0.373. The zero-order chi connectivity index (χ0) is 26.6. The molecular formula is C30H45NO5S. The minimum Gasteiger partial charge on any atom is -0.393 e. The highest BCUT2D eigenvalue weighted by molar-refractivity contribution is 7.85. The molecule has 7 heteroatoms. The van der Waals surface area contributed by atoms with Gasteiger partial charge in [0.1, 0.15) is 0 Å². The Kier molecular flexibility index (Phi) is 7.29. The van der Waals surface area contributed by atoms with E-state index in [1.165, 1.54) is 69.2 Å². The molecule has 3 N–H and O–H groups in total. The summed E-state index contributed by atoms with van der Waals surface area (Å²) in [4.78, 5) is 12.5. The van der Waals surface area contributed by atoms with Crippen LogP contribution in [0.4, 0.5) is 5.69 Å². The first-order valence-corrected chi connectivity index (χ1v) is 15.9. The van der Waals surface area contributed by atoms with E-state index in [0.29, 0.717) is 40.7 Å². The predicted molar refractivity (Wildman–Crippen MR) is 145 cm³/mol. The van der Waals surface area contributed by atoms with Crippen molar-refractivity contribution in [1.82, 2.24) is 0 Å². The zero-order valence-electron chi connectivity index (χ0n) is 22.7. The Morgan fingerprint density at radius 2 is 1.68 bits per heavy atom. The number of rotatable bonds is 6. The van der Waals surface area contributed by atoms with E-state index in [1.54, 1.807) is 0 Å². The van der Waals surface area contributed by atoms with Crippen LogP contribution in [0.15, 0.2) is 29.2 Å². The highest BCUT2D eigenvalue weighted by Gasteiger charge is 2.60. The summed E-state index contributed by atoms with van der Waals surface area (Å²) in [5, 5.41) is 13.2. The molecule has 4 fully saturated rings. The van der Waals surface area contributed by atoms with Gasteiger partial charge >= 0.3 is 0 Å². The molecule has 0 spiro atoms. The molecule has 1 amide bonds. The smallest absolute Gasteiger partial charge is 0.294 e. The van der Waals surface area contributed by atoms with Crippen LogP contribution in [-0.4, -0.2) is 30.1 Å².